The minimum atomic E-state index is -0.825. The second-order valence-corrected chi connectivity index (χ2v) is 9.46. The Morgan fingerprint density at radius 2 is 1.51 bits per heavy atom. The molecule has 39 heavy (non-hydrogen) atoms. The highest BCUT2D eigenvalue weighted by Crippen LogP contribution is 2.41. The lowest BCUT2D eigenvalue weighted by Gasteiger charge is -2.22. The molecule has 0 N–H and O–H groups in total. The number of nitrogens with zero attached hydrogens (tertiary/aromatic N) is 1. The highest BCUT2D eigenvalue weighted by Gasteiger charge is 2.51. The molecule has 0 radical (unpaired) electrons. The summed E-state index contributed by atoms with van der Waals surface area (Å²) in [7, 11) is 0. The number of carbonyl (C=O) groups excluding carboxylic acids is 5. The Kier molecular flexibility index (Phi) is 7.19. The molecule has 0 spiro atoms. The molecule has 0 saturated carbocycles. The summed E-state index contributed by atoms with van der Waals surface area (Å²) in [6.07, 6.45) is 4.31. The van der Waals surface area contributed by atoms with Gasteiger partial charge in [-0.15, -0.1) is 0 Å². The normalized spacial score (nSPS) is 19.9. The predicted molar refractivity (Wildman–Crippen MR) is 141 cm³/mol. The summed E-state index contributed by atoms with van der Waals surface area (Å²) in [6.45, 7) is 1.35. The monoisotopic (exact) mass is 523 g/mol. The van der Waals surface area contributed by atoms with Crippen molar-refractivity contribution in [1.82, 2.24) is 0 Å². The molecule has 2 amide bonds. The summed E-state index contributed by atoms with van der Waals surface area (Å²) in [6, 6.07) is 20.6. The van der Waals surface area contributed by atoms with Crippen molar-refractivity contribution >= 4 is 35.2 Å². The number of benzene rings is 3. The molecule has 8 nitrogen and oxygen atoms in total. The molecule has 2 aliphatic rings. The summed E-state index contributed by atoms with van der Waals surface area (Å²) in [4.78, 5) is 65.2. The maximum atomic E-state index is 13.2. The van der Waals surface area contributed by atoms with Gasteiger partial charge in [-0.1, -0.05) is 49.4 Å². The Morgan fingerprint density at radius 3 is 2.23 bits per heavy atom. The lowest BCUT2D eigenvalue weighted by Crippen LogP contribution is -2.33. The number of anilines is 1. The van der Waals surface area contributed by atoms with E-state index >= 15 is 0 Å². The van der Waals surface area contributed by atoms with E-state index in [1.165, 1.54) is 36.4 Å². The molecule has 5 rings (SSSR count). The molecule has 0 bridgehead atoms. The van der Waals surface area contributed by atoms with Crippen LogP contribution < -0.4 is 9.64 Å². The number of fused-ring (bicyclic) bond motifs is 1. The minimum Gasteiger partial charge on any atom is -0.454 e. The maximum Gasteiger partial charge on any atom is 0.343 e. The fourth-order valence-electron chi connectivity index (χ4n) is 4.97. The number of amides is 2. The number of ketones is 1. The summed E-state index contributed by atoms with van der Waals surface area (Å²) in [5.41, 5.74) is 0.823. The largest absolute Gasteiger partial charge is 0.454 e. The van der Waals surface area contributed by atoms with Gasteiger partial charge in [0, 0.05) is 5.56 Å². The number of para-hydroxylation sites is 1. The number of hydrogen-bond acceptors (Lipinski definition) is 7. The summed E-state index contributed by atoms with van der Waals surface area (Å²) >= 11 is 0. The smallest absolute Gasteiger partial charge is 0.343 e. The van der Waals surface area contributed by atoms with Crippen LogP contribution in [0.15, 0.2) is 91.0 Å². The molecule has 3 atom stereocenters. The van der Waals surface area contributed by atoms with Crippen LogP contribution in [-0.4, -0.2) is 36.1 Å². The lowest BCUT2D eigenvalue weighted by atomic mass is 9.78. The van der Waals surface area contributed by atoms with Gasteiger partial charge in [0.2, 0.25) is 11.8 Å². The minimum absolute atomic E-state index is 0.0226. The van der Waals surface area contributed by atoms with E-state index in [0.717, 1.165) is 4.90 Å². The van der Waals surface area contributed by atoms with Crippen molar-refractivity contribution in [1.29, 1.82) is 0 Å². The molecule has 1 aliphatic heterocycles. The van der Waals surface area contributed by atoms with Crippen molar-refractivity contribution in [3.8, 4) is 5.75 Å². The van der Waals surface area contributed by atoms with Crippen LogP contribution in [0.3, 0.4) is 0 Å². The van der Waals surface area contributed by atoms with Crippen LogP contribution >= 0.6 is 0 Å². The lowest BCUT2D eigenvalue weighted by molar-refractivity contribution is -0.122. The SMILES string of the molecule is CC1C=CCC2C(=O)N(c3ccccc3C(=O)OCC(=O)c3ccc(OC(=O)c4ccccc4)cc3)C(=O)C12. The van der Waals surface area contributed by atoms with E-state index in [1.54, 1.807) is 42.5 Å². The van der Waals surface area contributed by atoms with Crippen LogP contribution in [0.2, 0.25) is 0 Å². The second kappa shape index (κ2) is 10.9. The Labute approximate surface area is 224 Å². The van der Waals surface area contributed by atoms with Gasteiger partial charge in [-0.25, -0.2) is 14.5 Å². The fourth-order valence-corrected chi connectivity index (χ4v) is 4.97. The number of ether oxygens (including phenoxy) is 2. The topological polar surface area (TPSA) is 107 Å². The molecule has 0 aromatic heterocycles. The average molecular weight is 524 g/mol. The zero-order valence-electron chi connectivity index (χ0n) is 21.1. The van der Waals surface area contributed by atoms with E-state index in [-0.39, 0.29) is 40.3 Å². The number of imide groups is 1. The zero-order chi connectivity index (χ0) is 27.5. The van der Waals surface area contributed by atoms with Gasteiger partial charge in [0.15, 0.2) is 12.4 Å². The van der Waals surface area contributed by atoms with E-state index in [9.17, 15) is 24.0 Å². The molecule has 3 aromatic rings. The highest BCUT2D eigenvalue weighted by molar-refractivity contribution is 6.24. The first kappa shape index (κ1) is 25.8. The zero-order valence-corrected chi connectivity index (χ0v) is 21.1. The Morgan fingerprint density at radius 1 is 0.821 bits per heavy atom. The fraction of sp³-hybridized carbons (Fsp3) is 0.194. The van der Waals surface area contributed by atoms with Crippen LogP contribution in [0.1, 0.15) is 44.4 Å². The Bertz CT molecular complexity index is 1480. The van der Waals surface area contributed by atoms with Gasteiger partial charge in [-0.05, 0) is 60.9 Å². The molecular formula is C31H25NO7. The number of hydrogen-bond donors (Lipinski definition) is 0. The van der Waals surface area contributed by atoms with E-state index in [2.05, 4.69) is 0 Å². The third kappa shape index (κ3) is 5.13. The molecule has 3 aromatic carbocycles. The van der Waals surface area contributed by atoms with Gasteiger partial charge < -0.3 is 9.47 Å². The van der Waals surface area contributed by atoms with E-state index in [1.807, 2.05) is 19.1 Å². The van der Waals surface area contributed by atoms with E-state index in [4.69, 9.17) is 9.47 Å². The van der Waals surface area contributed by atoms with Crippen molar-refractivity contribution in [3.05, 3.63) is 108 Å². The van der Waals surface area contributed by atoms with Crippen LogP contribution in [-0.2, 0) is 14.3 Å². The van der Waals surface area contributed by atoms with Crippen molar-refractivity contribution in [3.63, 3.8) is 0 Å². The van der Waals surface area contributed by atoms with Crippen LogP contribution in [0, 0.1) is 17.8 Å². The Hall–Kier alpha value is -4.85. The summed E-state index contributed by atoms with van der Waals surface area (Å²) < 4.78 is 10.6. The van der Waals surface area contributed by atoms with Crippen molar-refractivity contribution in [2.24, 2.45) is 17.8 Å². The predicted octanol–water partition coefficient (Wildman–Crippen LogP) is 4.65. The van der Waals surface area contributed by atoms with Crippen LogP contribution in [0.4, 0.5) is 5.69 Å². The van der Waals surface area contributed by atoms with Crippen LogP contribution in [0.25, 0.3) is 0 Å². The van der Waals surface area contributed by atoms with Crippen molar-refractivity contribution in [2.75, 3.05) is 11.5 Å². The summed E-state index contributed by atoms with van der Waals surface area (Å²) in [5, 5.41) is 0. The number of allylic oxidation sites excluding steroid dienone is 2. The third-order valence-corrected chi connectivity index (χ3v) is 6.97. The molecule has 3 unspecified atom stereocenters. The first-order valence-corrected chi connectivity index (χ1v) is 12.6. The quantitative estimate of drug-likeness (QED) is 0.146. The number of esters is 2. The van der Waals surface area contributed by atoms with E-state index < -0.39 is 36.2 Å². The van der Waals surface area contributed by atoms with Crippen molar-refractivity contribution < 1.29 is 33.4 Å². The molecule has 1 heterocycles. The first-order valence-electron chi connectivity index (χ1n) is 12.6. The van der Waals surface area contributed by atoms with Gasteiger partial charge in [0.25, 0.3) is 0 Å². The maximum absolute atomic E-state index is 13.2. The highest BCUT2D eigenvalue weighted by atomic mass is 16.5. The van der Waals surface area contributed by atoms with Gasteiger partial charge in [-0.2, -0.15) is 0 Å². The molecule has 8 heteroatoms. The molecular weight excluding hydrogens is 498 g/mol. The molecule has 1 fully saturated rings. The number of rotatable bonds is 7. The summed E-state index contributed by atoms with van der Waals surface area (Å²) in [5.74, 6) is -3.26. The Balaban J connectivity index is 1.24. The van der Waals surface area contributed by atoms with Crippen LogP contribution in [0.5, 0.6) is 5.75 Å². The van der Waals surface area contributed by atoms with Gasteiger partial charge >= 0.3 is 11.9 Å². The van der Waals surface area contributed by atoms with Gasteiger partial charge in [-0.3, -0.25) is 14.4 Å². The van der Waals surface area contributed by atoms with Gasteiger partial charge in [0.05, 0.1) is 28.7 Å². The number of carbonyl (C=O) groups is 5. The van der Waals surface area contributed by atoms with E-state index in [0.29, 0.717) is 12.0 Å². The third-order valence-electron chi connectivity index (χ3n) is 6.97. The number of Topliss-reactive ketones (excluding diaryl/α,β-unsaturated/α-hetero) is 1. The first-order chi connectivity index (χ1) is 18.8. The molecule has 1 saturated heterocycles. The molecule has 196 valence electrons. The second-order valence-electron chi connectivity index (χ2n) is 9.46. The van der Waals surface area contributed by atoms with Crippen molar-refractivity contribution in [2.45, 2.75) is 13.3 Å². The van der Waals surface area contributed by atoms with Gasteiger partial charge in [0.1, 0.15) is 5.75 Å². The molecule has 1 aliphatic carbocycles. The average Bonchev–Trinajstić information content (AvgIpc) is 3.22. The standard InChI is InChI=1S/C31H25NO7/c1-19-8-7-12-24-27(19)29(35)32(28(24)34)25-13-6-5-11-23(25)31(37)38-18-26(33)20-14-16-22(17-15-20)39-30(36)21-9-3-2-4-10-21/h2-11,13-17,19,24,27H,12,18H2,1H3.